The summed E-state index contributed by atoms with van der Waals surface area (Å²) >= 11 is 0. The Morgan fingerprint density at radius 1 is 1.12 bits per heavy atom. The zero-order chi connectivity index (χ0) is 17.2. The lowest BCUT2D eigenvalue weighted by atomic mass is 10.0. The minimum atomic E-state index is 0.0162. The summed E-state index contributed by atoms with van der Waals surface area (Å²) in [6.45, 7) is 2.22. The molecular weight excluding hydrogens is 314 g/mol. The van der Waals surface area contributed by atoms with E-state index in [1.54, 1.807) is 6.26 Å². The Labute approximate surface area is 148 Å². The molecule has 4 rings (SSSR count). The molecule has 132 valence electrons. The first-order chi connectivity index (χ1) is 12.2. The van der Waals surface area contributed by atoms with Crippen molar-refractivity contribution in [2.24, 2.45) is 5.92 Å². The maximum absolute atomic E-state index is 12.6. The van der Waals surface area contributed by atoms with Crippen LogP contribution in [0.3, 0.4) is 0 Å². The molecule has 2 aliphatic rings. The molecule has 1 aliphatic heterocycles. The van der Waals surface area contributed by atoms with Gasteiger partial charge in [0.15, 0.2) is 0 Å². The smallest absolute Gasteiger partial charge is 0.228 e. The fourth-order valence-corrected chi connectivity index (χ4v) is 3.62. The van der Waals surface area contributed by atoms with Crippen molar-refractivity contribution in [1.29, 1.82) is 0 Å². The molecule has 5 nitrogen and oxygen atoms in total. The zero-order valence-corrected chi connectivity index (χ0v) is 14.6. The highest BCUT2D eigenvalue weighted by Crippen LogP contribution is 2.48. The van der Waals surface area contributed by atoms with Crippen molar-refractivity contribution in [1.82, 2.24) is 4.90 Å². The number of anilines is 2. The Morgan fingerprint density at radius 2 is 1.88 bits per heavy atom. The SMILES string of the molecule is CN1CCC(Nc2ccccc2NC(=O)[C@@H]2C[C@@H]2c2ccco2)CC1. The van der Waals surface area contributed by atoms with Crippen LogP contribution in [-0.2, 0) is 4.79 Å². The van der Waals surface area contributed by atoms with E-state index in [1.807, 2.05) is 36.4 Å². The van der Waals surface area contributed by atoms with E-state index in [0.29, 0.717) is 6.04 Å². The first-order valence-corrected chi connectivity index (χ1v) is 9.09. The second kappa shape index (κ2) is 6.92. The number of nitrogens with zero attached hydrogens (tertiary/aromatic N) is 1. The van der Waals surface area contributed by atoms with Gasteiger partial charge >= 0.3 is 0 Å². The molecule has 1 aromatic heterocycles. The fourth-order valence-electron chi connectivity index (χ4n) is 3.62. The van der Waals surface area contributed by atoms with Gasteiger partial charge in [-0.05, 0) is 63.7 Å². The molecule has 2 N–H and O–H groups in total. The monoisotopic (exact) mass is 339 g/mol. The number of amides is 1. The lowest BCUT2D eigenvalue weighted by Gasteiger charge is -2.30. The van der Waals surface area contributed by atoms with Crippen LogP contribution in [-0.4, -0.2) is 37.0 Å². The molecule has 2 aromatic rings. The Balaban J connectivity index is 1.38. The van der Waals surface area contributed by atoms with E-state index in [1.165, 1.54) is 0 Å². The molecule has 0 spiro atoms. The number of nitrogens with one attached hydrogen (secondary N) is 2. The Morgan fingerprint density at radius 3 is 2.60 bits per heavy atom. The first kappa shape index (κ1) is 16.2. The summed E-state index contributed by atoms with van der Waals surface area (Å²) in [6, 6.07) is 12.3. The van der Waals surface area contributed by atoms with Crippen LogP contribution in [0.2, 0.25) is 0 Å². The van der Waals surface area contributed by atoms with E-state index in [4.69, 9.17) is 4.42 Å². The van der Waals surface area contributed by atoms with Gasteiger partial charge in [-0.25, -0.2) is 0 Å². The van der Waals surface area contributed by atoms with Crippen molar-refractivity contribution in [3.05, 3.63) is 48.4 Å². The normalized spacial score (nSPS) is 24.0. The van der Waals surface area contributed by atoms with Gasteiger partial charge in [0.1, 0.15) is 5.76 Å². The van der Waals surface area contributed by atoms with Crippen LogP contribution < -0.4 is 10.6 Å². The Bertz CT molecular complexity index is 720. The van der Waals surface area contributed by atoms with Gasteiger partial charge in [0.25, 0.3) is 0 Å². The number of likely N-dealkylation sites (tertiary alicyclic amines) is 1. The summed E-state index contributed by atoms with van der Waals surface area (Å²) in [5.41, 5.74) is 1.89. The van der Waals surface area contributed by atoms with Crippen molar-refractivity contribution in [2.75, 3.05) is 30.8 Å². The molecule has 25 heavy (non-hydrogen) atoms. The van der Waals surface area contributed by atoms with E-state index < -0.39 is 0 Å². The molecule has 0 unspecified atom stereocenters. The standard InChI is InChI=1S/C20H25N3O2/c1-23-10-8-14(9-11-23)21-17-5-2-3-6-18(17)22-20(24)16-13-15(16)19-7-4-12-25-19/h2-7,12,14-16,21H,8-11,13H2,1H3,(H,22,24)/t15-,16+/m0/s1. The van der Waals surface area contributed by atoms with Crippen LogP contribution in [0.4, 0.5) is 11.4 Å². The molecule has 1 saturated carbocycles. The van der Waals surface area contributed by atoms with Gasteiger partial charge in [0, 0.05) is 17.9 Å². The van der Waals surface area contributed by atoms with Gasteiger partial charge in [-0.3, -0.25) is 4.79 Å². The van der Waals surface area contributed by atoms with Gasteiger partial charge in [-0.15, -0.1) is 0 Å². The number of carbonyl (C=O) groups excluding carboxylic acids is 1. The lowest BCUT2D eigenvalue weighted by molar-refractivity contribution is -0.117. The minimum absolute atomic E-state index is 0.0162. The average molecular weight is 339 g/mol. The number of para-hydroxylation sites is 2. The molecule has 1 aromatic carbocycles. The minimum Gasteiger partial charge on any atom is -0.469 e. The molecule has 0 bridgehead atoms. The molecular formula is C20H25N3O2. The van der Waals surface area contributed by atoms with Crippen molar-refractivity contribution < 1.29 is 9.21 Å². The Kier molecular flexibility index (Phi) is 4.49. The number of piperidine rings is 1. The quantitative estimate of drug-likeness (QED) is 0.875. The van der Waals surface area contributed by atoms with Gasteiger partial charge < -0.3 is 20.0 Å². The summed E-state index contributed by atoms with van der Waals surface area (Å²) in [7, 11) is 2.16. The van der Waals surface area contributed by atoms with Crippen LogP contribution in [0, 0.1) is 5.92 Å². The number of benzene rings is 1. The molecule has 1 saturated heterocycles. The highest BCUT2D eigenvalue weighted by Gasteiger charge is 2.45. The highest BCUT2D eigenvalue weighted by molar-refractivity contribution is 5.97. The summed E-state index contributed by atoms with van der Waals surface area (Å²) in [6.07, 6.45) is 4.79. The van der Waals surface area contributed by atoms with E-state index in [0.717, 1.165) is 49.5 Å². The molecule has 1 amide bonds. The second-order valence-corrected chi connectivity index (χ2v) is 7.22. The van der Waals surface area contributed by atoms with Crippen molar-refractivity contribution in [3.63, 3.8) is 0 Å². The fraction of sp³-hybridized carbons (Fsp3) is 0.450. The molecule has 0 radical (unpaired) electrons. The van der Waals surface area contributed by atoms with E-state index in [-0.39, 0.29) is 17.7 Å². The summed E-state index contributed by atoms with van der Waals surface area (Å²) in [5.74, 6) is 1.24. The first-order valence-electron chi connectivity index (χ1n) is 9.09. The third-order valence-corrected chi connectivity index (χ3v) is 5.30. The third kappa shape index (κ3) is 3.71. The van der Waals surface area contributed by atoms with Crippen molar-refractivity contribution >= 4 is 17.3 Å². The van der Waals surface area contributed by atoms with Crippen LogP contribution in [0.25, 0.3) is 0 Å². The molecule has 2 atom stereocenters. The van der Waals surface area contributed by atoms with Crippen LogP contribution in [0.1, 0.15) is 30.9 Å². The largest absolute Gasteiger partial charge is 0.469 e. The average Bonchev–Trinajstić information content (AvgIpc) is 3.24. The van der Waals surface area contributed by atoms with Crippen molar-refractivity contribution in [3.8, 4) is 0 Å². The van der Waals surface area contributed by atoms with E-state index >= 15 is 0 Å². The molecule has 1 aliphatic carbocycles. The zero-order valence-electron chi connectivity index (χ0n) is 14.6. The predicted molar refractivity (Wildman–Crippen MR) is 98.8 cm³/mol. The topological polar surface area (TPSA) is 57.5 Å². The van der Waals surface area contributed by atoms with Gasteiger partial charge in [0.2, 0.25) is 5.91 Å². The van der Waals surface area contributed by atoms with Gasteiger partial charge in [0.05, 0.1) is 17.6 Å². The third-order valence-electron chi connectivity index (χ3n) is 5.30. The number of carbonyl (C=O) groups is 1. The van der Waals surface area contributed by atoms with Gasteiger partial charge in [-0.1, -0.05) is 12.1 Å². The molecule has 5 heteroatoms. The lowest BCUT2D eigenvalue weighted by Crippen LogP contribution is -2.36. The van der Waals surface area contributed by atoms with Crippen LogP contribution in [0.15, 0.2) is 47.1 Å². The maximum atomic E-state index is 12.6. The van der Waals surface area contributed by atoms with Crippen LogP contribution >= 0.6 is 0 Å². The molecule has 2 heterocycles. The highest BCUT2D eigenvalue weighted by atomic mass is 16.3. The second-order valence-electron chi connectivity index (χ2n) is 7.22. The Hall–Kier alpha value is -2.27. The number of hydrogen-bond donors (Lipinski definition) is 2. The van der Waals surface area contributed by atoms with Crippen molar-refractivity contribution in [2.45, 2.75) is 31.2 Å². The van der Waals surface area contributed by atoms with Crippen LogP contribution in [0.5, 0.6) is 0 Å². The number of rotatable bonds is 5. The summed E-state index contributed by atoms with van der Waals surface area (Å²) < 4.78 is 5.42. The number of furan rings is 1. The van der Waals surface area contributed by atoms with Gasteiger partial charge in [-0.2, -0.15) is 0 Å². The molecule has 2 fully saturated rings. The summed E-state index contributed by atoms with van der Waals surface area (Å²) in [5, 5.41) is 6.72. The predicted octanol–water partition coefficient (Wildman–Crippen LogP) is 3.53. The van der Waals surface area contributed by atoms with E-state index in [9.17, 15) is 4.79 Å². The van der Waals surface area contributed by atoms with E-state index in [2.05, 4.69) is 22.6 Å². The number of hydrogen-bond acceptors (Lipinski definition) is 4. The maximum Gasteiger partial charge on any atom is 0.228 e. The summed E-state index contributed by atoms with van der Waals surface area (Å²) in [4.78, 5) is 14.9.